The van der Waals surface area contributed by atoms with Gasteiger partial charge in [0, 0.05) is 49.4 Å². The molecule has 1 amide bonds. The van der Waals surface area contributed by atoms with Crippen molar-refractivity contribution >= 4 is 21.8 Å². The van der Waals surface area contributed by atoms with E-state index in [2.05, 4.69) is 41.6 Å². The zero-order chi connectivity index (χ0) is 14.0. The average Bonchev–Trinajstić information content (AvgIpc) is 2.79. The molecule has 1 fully saturated rings. The van der Waals surface area contributed by atoms with Crippen molar-refractivity contribution in [2.24, 2.45) is 0 Å². The molecular weight excluding hydrogens is 306 g/mol. The van der Waals surface area contributed by atoms with E-state index >= 15 is 0 Å². The highest BCUT2D eigenvalue weighted by molar-refractivity contribution is 9.10. The van der Waals surface area contributed by atoms with E-state index in [9.17, 15) is 4.79 Å². The summed E-state index contributed by atoms with van der Waals surface area (Å²) in [6.07, 6.45) is 1.97. The zero-order valence-electron chi connectivity index (χ0n) is 11.9. The van der Waals surface area contributed by atoms with E-state index in [1.165, 1.54) is 0 Å². The Kier molecular flexibility index (Phi) is 4.68. The fourth-order valence-corrected chi connectivity index (χ4v) is 2.98. The third kappa shape index (κ3) is 3.20. The molecule has 19 heavy (non-hydrogen) atoms. The molecule has 1 aliphatic rings. The molecule has 0 saturated carbocycles. The van der Waals surface area contributed by atoms with Crippen molar-refractivity contribution in [2.75, 3.05) is 26.2 Å². The molecule has 2 heterocycles. The number of rotatable bonds is 3. The van der Waals surface area contributed by atoms with Crippen molar-refractivity contribution in [3.8, 4) is 0 Å². The highest BCUT2D eigenvalue weighted by Gasteiger charge is 2.25. The van der Waals surface area contributed by atoms with E-state index < -0.39 is 0 Å². The molecule has 106 valence electrons. The van der Waals surface area contributed by atoms with E-state index in [1.54, 1.807) is 0 Å². The van der Waals surface area contributed by atoms with E-state index in [4.69, 9.17) is 0 Å². The van der Waals surface area contributed by atoms with Crippen molar-refractivity contribution in [1.29, 1.82) is 0 Å². The Morgan fingerprint density at radius 2 is 1.95 bits per heavy atom. The largest absolute Gasteiger partial charge is 0.343 e. The molecule has 4 nitrogen and oxygen atoms in total. The van der Waals surface area contributed by atoms with Gasteiger partial charge in [-0.1, -0.05) is 0 Å². The number of carbonyl (C=O) groups excluding carboxylic acids is 1. The number of hydrogen-bond acceptors (Lipinski definition) is 2. The van der Waals surface area contributed by atoms with Gasteiger partial charge in [0.15, 0.2) is 0 Å². The first-order valence-electron chi connectivity index (χ1n) is 6.92. The lowest BCUT2D eigenvalue weighted by Gasteiger charge is -2.37. The number of aromatic nitrogens is 1. The average molecular weight is 328 g/mol. The first-order chi connectivity index (χ1) is 9.02. The third-order valence-electron chi connectivity index (χ3n) is 3.75. The van der Waals surface area contributed by atoms with Crippen molar-refractivity contribution in [3.05, 3.63) is 22.4 Å². The van der Waals surface area contributed by atoms with E-state index in [0.717, 1.165) is 42.9 Å². The quantitative estimate of drug-likeness (QED) is 0.853. The summed E-state index contributed by atoms with van der Waals surface area (Å²) >= 11 is 3.44. The zero-order valence-corrected chi connectivity index (χ0v) is 13.5. The molecule has 0 bridgehead atoms. The molecule has 0 N–H and O–H groups in total. The van der Waals surface area contributed by atoms with Crippen LogP contribution in [0.1, 0.15) is 31.3 Å². The first kappa shape index (κ1) is 14.6. The lowest BCUT2D eigenvalue weighted by molar-refractivity contribution is 0.0585. The fraction of sp³-hybridized carbons (Fsp3) is 0.643. The van der Waals surface area contributed by atoms with Crippen LogP contribution in [0.15, 0.2) is 16.7 Å². The number of aryl methyl sites for hydroxylation is 1. The Bertz CT molecular complexity index is 448. The molecule has 0 spiro atoms. The summed E-state index contributed by atoms with van der Waals surface area (Å²) in [7, 11) is 0. The second kappa shape index (κ2) is 6.09. The lowest BCUT2D eigenvalue weighted by atomic mass is 10.2. The highest BCUT2D eigenvalue weighted by Crippen LogP contribution is 2.18. The minimum Gasteiger partial charge on any atom is -0.343 e. The van der Waals surface area contributed by atoms with Crippen LogP contribution >= 0.6 is 15.9 Å². The number of carbonyl (C=O) groups is 1. The number of halogens is 1. The molecule has 1 aliphatic heterocycles. The van der Waals surface area contributed by atoms with Gasteiger partial charge in [-0.3, -0.25) is 9.69 Å². The van der Waals surface area contributed by atoms with Gasteiger partial charge in [-0.25, -0.2) is 0 Å². The van der Waals surface area contributed by atoms with E-state index in [-0.39, 0.29) is 5.91 Å². The molecule has 0 aliphatic carbocycles. The van der Waals surface area contributed by atoms with Crippen LogP contribution in [0.2, 0.25) is 0 Å². The molecule has 0 unspecified atom stereocenters. The van der Waals surface area contributed by atoms with Gasteiger partial charge in [0.1, 0.15) is 5.69 Å². The smallest absolute Gasteiger partial charge is 0.270 e. The van der Waals surface area contributed by atoms with Gasteiger partial charge < -0.3 is 9.47 Å². The molecule has 1 aromatic rings. The SMILES string of the molecule is CCn1cc(Br)cc1C(=O)N1CCN(C(C)C)CC1. The minimum atomic E-state index is 0.149. The van der Waals surface area contributed by atoms with Gasteiger partial charge in [-0.05, 0) is 42.8 Å². The Morgan fingerprint density at radius 3 is 2.47 bits per heavy atom. The van der Waals surface area contributed by atoms with Gasteiger partial charge in [0.25, 0.3) is 5.91 Å². The number of amides is 1. The summed E-state index contributed by atoms with van der Waals surface area (Å²) in [6, 6.07) is 2.48. The number of hydrogen-bond donors (Lipinski definition) is 0. The van der Waals surface area contributed by atoms with Crippen LogP contribution in [0.25, 0.3) is 0 Å². The van der Waals surface area contributed by atoms with Gasteiger partial charge in [0.05, 0.1) is 0 Å². The van der Waals surface area contributed by atoms with Crippen molar-refractivity contribution in [2.45, 2.75) is 33.4 Å². The maximum atomic E-state index is 12.5. The summed E-state index contributed by atoms with van der Waals surface area (Å²) in [5.41, 5.74) is 0.785. The normalized spacial score (nSPS) is 17.2. The van der Waals surface area contributed by atoms with Crippen LogP contribution in [0.3, 0.4) is 0 Å². The van der Waals surface area contributed by atoms with Crippen molar-refractivity contribution in [1.82, 2.24) is 14.4 Å². The summed E-state index contributed by atoms with van der Waals surface area (Å²) in [6.45, 7) is 10.9. The Balaban J connectivity index is 2.05. The fourth-order valence-electron chi connectivity index (χ4n) is 2.52. The lowest BCUT2D eigenvalue weighted by Crippen LogP contribution is -2.51. The predicted octanol–water partition coefficient (Wildman–Crippen LogP) is 2.44. The van der Waals surface area contributed by atoms with Crippen LogP contribution in [-0.2, 0) is 6.54 Å². The van der Waals surface area contributed by atoms with Crippen LogP contribution in [0.5, 0.6) is 0 Å². The van der Waals surface area contributed by atoms with E-state index in [0.29, 0.717) is 6.04 Å². The maximum absolute atomic E-state index is 12.5. The van der Waals surface area contributed by atoms with Gasteiger partial charge >= 0.3 is 0 Å². The maximum Gasteiger partial charge on any atom is 0.270 e. The molecule has 0 aromatic carbocycles. The molecule has 1 saturated heterocycles. The van der Waals surface area contributed by atoms with E-state index in [1.807, 2.05) is 21.7 Å². The van der Waals surface area contributed by atoms with Crippen LogP contribution in [0, 0.1) is 0 Å². The van der Waals surface area contributed by atoms with Gasteiger partial charge in [-0.2, -0.15) is 0 Å². The second-order valence-electron chi connectivity index (χ2n) is 5.25. The topological polar surface area (TPSA) is 28.5 Å². The molecule has 2 rings (SSSR count). The monoisotopic (exact) mass is 327 g/mol. The Hall–Kier alpha value is -0.810. The molecular formula is C14H22BrN3O. The van der Waals surface area contributed by atoms with Crippen LogP contribution in [-0.4, -0.2) is 52.5 Å². The summed E-state index contributed by atoms with van der Waals surface area (Å²) in [5.74, 6) is 0.149. The third-order valence-corrected chi connectivity index (χ3v) is 4.19. The van der Waals surface area contributed by atoms with Gasteiger partial charge in [-0.15, -0.1) is 0 Å². The number of piperazine rings is 1. The van der Waals surface area contributed by atoms with Crippen LogP contribution in [0.4, 0.5) is 0 Å². The standard InChI is InChI=1S/C14H22BrN3O/c1-4-16-10-12(15)9-13(16)14(19)18-7-5-17(6-8-18)11(2)3/h9-11H,4-8H2,1-3H3. The molecule has 5 heteroatoms. The van der Waals surface area contributed by atoms with Crippen LogP contribution < -0.4 is 0 Å². The molecule has 1 aromatic heterocycles. The Morgan fingerprint density at radius 1 is 1.32 bits per heavy atom. The minimum absolute atomic E-state index is 0.149. The number of nitrogens with zero attached hydrogens (tertiary/aromatic N) is 3. The van der Waals surface area contributed by atoms with Crippen molar-refractivity contribution < 1.29 is 4.79 Å². The second-order valence-corrected chi connectivity index (χ2v) is 6.17. The molecule has 0 atom stereocenters. The summed E-state index contributed by atoms with van der Waals surface area (Å²) < 4.78 is 2.97. The summed E-state index contributed by atoms with van der Waals surface area (Å²) in [4.78, 5) is 16.9. The first-order valence-corrected chi connectivity index (χ1v) is 7.71. The molecule has 0 radical (unpaired) electrons. The predicted molar refractivity (Wildman–Crippen MR) is 80.4 cm³/mol. The Labute approximate surface area is 123 Å². The van der Waals surface area contributed by atoms with Crippen molar-refractivity contribution in [3.63, 3.8) is 0 Å². The highest BCUT2D eigenvalue weighted by atomic mass is 79.9. The summed E-state index contributed by atoms with van der Waals surface area (Å²) in [5, 5.41) is 0. The van der Waals surface area contributed by atoms with Gasteiger partial charge in [0.2, 0.25) is 0 Å².